The Morgan fingerprint density at radius 3 is 2.50 bits per heavy atom. The van der Waals surface area contributed by atoms with Gasteiger partial charge in [-0.3, -0.25) is 14.5 Å². The number of aromatic nitrogens is 4. The highest BCUT2D eigenvalue weighted by molar-refractivity contribution is 5.88. The number of hydrogen-bond donors (Lipinski definition) is 0. The van der Waals surface area contributed by atoms with Crippen LogP contribution in [0.3, 0.4) is 0 Å². The molecule has 0 N–H and O–H groups in total. The molecule has 0 aliphatic rings. The molecule has 0 radical (unpaired) electrons. The molecule has 5 rings (SSSR count). The molecule has 30 heavy (non-hydrogen) atoms. The molecular formula is C22H15N5O3. The van der Waals surface area contributed by atoms with Crippen LogP contribution in [-0.2, 0) is 0 Å². The van der Waals surface area contributed by atoms with Gasteiger partial charge in [0.25, 0.3) is 5.69 Å². The lowest BCUT2D eigenvalue weighted by Crippen LogP contribution is -1.99. The minimum Gasteiger partial charge on any atom is -0.497 e. The molecule has 5 aromatic rings. The number of non-ortho nitro benzene ring substituents is 1. The van der Waals surface area contributed by atoms with Crippen LogP contribution in [-0.4, -0.2) is 31.6 Å². The molecule has 8 heteroatoms. The van der Waals surface area contributed by atoms with Crippen LogP contribution >= 0.6 is 0 Å². The Morgan fingerprint density at radius 2 is 1.73 bits per heavy atom. The second-order valence-corrected chi connectivity index (χ2v) is 6.67. The summed E-state index contributed by atoms with van der Waals surface area (Å²) in [6.07, 6.45) is 0. The normalized spacial score (nSPS) is 11.1. The van der Waals surface area contributed by atoms with Crippen molar-refractivity contribution in [3.63, 3.8) is 0 Å². The molecule has 0 fully saturated rings. The van der Waals surface area contributed by atoms with E-state index in [9.17, 15) is 10.1 Å². The van der Waals surface area contributed by atoms with Crippen molar-refractivity contribution in [1.29, 1.82) is 0 Å². The summed E-state index contributed by atoms with van der Waals surface area (Å²) in [5.74, 6) is 1.16. The first kappa shape index (κ1) is 17.7. The monoisotopic (exact) mass is 397 g/mol. The van der Waals surface area contributed by atoms with Crippen molar-refractivity contribution in [3.8, 4) is 28.4 Å². The second kappa shape index (κ2) is 6.93. The van der Waals surface area contributed by atoms with Crippen LogP contribution in [0.25, 0.3) is 39.3 Å². The molecule has 0 saturated heterocycles. The predicted octanol–water partition coefficient (Wildman–Crippen LogP) is 4.53. The van der Waals surface area contributed by atoms with E-state index < -0.39 is 4.92 Å². The second-order valence-electron chi connectivity index (χ2n) is 6.67. The summed E-state index contributed by atoms with van der Waals surface area (Å²) in [5.41, 5.74) is 4.19. The number of fused-ring (bicyclic) bond motifs is 3. The summed E-state index contributed by atoms with van der Waals surface area (Å²) in [7, 11) is 1.59. The molecule has 0 aliphatic carbocycles. The van der Waals surface area contributed by atoms with Crippen LogP contribution < -0.4 is 4.74 Å². The average Bonchev–Trinajstić information content (AvgIpc) is 3.24. The smallest absolute Gasteiger partial charge is 0.270 e. The molecule has 0 amide bonds. The lowest BCUT2D eigenvalue weighted by molar-refractivity contribution is -0.384. The first-order valence-corrected chi connectivity index (χ1v) is 9.19. The van der Waals surface area contributed by atoms with Gasteiger partial charge in [0.05, 0.1) is 23.1 Å². The van der Waals surface area contributed by atoms with E-state index in [2.05, 4.69) is 10.2 Å². The molecule has 8 nitrogen and oxygen atoms in total. The average molecular weight is 397 g/mol. The molecule has 146 valence electrons. The molecule has 0 saturated carbocycles. The third-order valence-electron chi connectivity index (χ3n) is 4.89. The molecule has 0 bridgehead atoms. The van der Waals surface area contributed by atoms with Gasteiger partial charge in [-0.2, -0.15) is 0 Å². The SMILES string of the molecule is COc1ccc2nc(-c3ccccc3)c3nnc(-c4cccc([N+](=O)[O-])c4)n3c2c1. The molecule has 3 aromatic carbocycles. The van der Waals surface area contributed by atoms with Crippen LogP contribution in [0.4, 0.5) is 5.69 Å². The van der Waals surface area contributed by atoms with Crippen LogP contribution in [0.2, 0.25) is 0 Å². The number of methoxy groups -OCH3 is 1. The van der Waals surface area contributed by atoms with Crippen LogP contribution in [0.5, 0.6) is 5.75 Å². The van der Waals surface area contributed by atoms with E-state index in [0.717, 1.165) is 16.6 Å². The van der Waals surface area contributed by atoms with E-state index in [1.54, 1.807) is 19.2 Å². The highest BCUT2D eigenvalue weighted by atomic mass is 16.6. The van der Waals surface area contributed by atoms with Crippen molar-refractivity contribution in [2.75, 3.05) is 7.11 Å². The lowest BCUT2D eigenvalue weighted by atomic mass is 10.1. The van der Waals surface area contributed by atoms with Crippen LogP contribution in [0.15, 0.2) is 72.8 Å². The third-order valence-corrected chi connectivity index (χ3v) is 4.89. The third kappa shape index (κ3) is 2.82. The van der Waals surface area contributed by atoms with Crippen molar-refractivity contribution < 1.29 is 9.66 Å². The van der Waals surface area contributed by atoms with Crippen molar-refractivity contribution in [2.24, 2.45) is 0 Å². The van der Waals surface area contributed by atoms with Gasteiger partial charge in [0.15, 0.2) is 11.5 Å². The fraction of sp³-hybridized carbons (Fsp3) is 0.0455. The van der Waals surface area contributed by atoms with Gasteiger partial charge in [-0.25, -0.2) is 4.98 Å². The van der Waals surface area contributed by atoms with Gasteiger partial charge in [0.2, 0.25) is 0 Å². The summed E-state index contributed by atoms with van der Waals surface area (Å²) < 4.78 is 7.25. The van der Waals surface area contributed by atoms with Gasteiger partial charge in [-0.05, 0) is 12.1 Å². The zero-order chi connectivity index (χ0) is 20.7. The summed E-state index contributed by atoms with van der Waals surface area (Å²) in [6.45, 7) is 0. The molecule has 0 unspecified atom stereocenters. The zero-order valence-electron chi connectivity index (χ0n) is 15.9. The summed E-state index contributed by atoms with van der Waals surface area (Å²) in [4.78, 5) is 15.6. The van der Waals surface area contributed by atoms with Crippen molar-refractivity contribution in [2.45, 2.75) is 0 Å². The molecule has 0 aliphatic heterocycles. The van der Waals surface area contributed by atoms with Gasteiger partial charge >= 0.3 is 0 Å². The molecule has 2 heterocycles. The Labute approximate surface area is 170 Å². The predicted molar refractivity (Wildman–Crippen MR) is 112 cm³/mol. The minimum absolute atomic E-state index is 0.0107. The van der Waals surface area contributed by atoms with Crippen molar-refractivity contribution >= 4 is 22.4 Å². The van der Waals surface area contributed by atoms with E-state index in [0.29, 0.717) is 28.5 Å². The Hall–Kier alpha value is -4.33. The van der Waals surface area contributed by atoms with E-state index in [1.165, 1.54) is 12.1 Å². The van der Waals surface area contributed by atoms with E-state index in [4.69, 9.17) is 9.72 Å². The fourth-order valence-electron chi connectivity index (χ4n) is 3.48. The molecule has 0 spiro atoms. The first-order valence-electron chi connectivity index (χ1n) is 9.19. The fourth-order valence-corrected chi connectivity index (χ4v) is 3.48. The number of ether oxygens (including phenoxy) is 1. The number of nitrogens with zero attached hydrogens (tertiary/aromatic N) is 5. The van der Waals surface area contributed by atoms with Crippen molar-refractivity contribution in [1.82, 2.24) is 19.6 Å². The molecular weight excluding hydrogens is 382 g/mol. The highest BCUT2D eigenvalue weighted by Crippen LogP contribution is 2.32. The Kier molecular flexibility index (Phi) is 4.10. The van der Waals surface area contributed by atoms with E-state index >= 15 is 0 Å². The van der Waals surface area contributed by atoms with Gasteiger partial charge in [-0.1, -0.05) is 42.5 Å². The van der Waals surface area contributed by atoms with Crippen LogP contribution in [0, 0.1) is 10.1 Å². The Morgan fingerprint density at radius 1 is 0.933 bits per heavy atom. The summed E-state index contributed by atoms with van der Waals surface area (Å²) in [6, 6.07) is 21.6. The standard InChI is InChI=1S/C22H15N5O3/c1-30-17-10-11-18-19(13-17)26-21(15-8-5-9-16(12-15)27(28)29)24-25-22(26)20(23-18)14-6-3-2-4-7-14/h2-13H,1H3. The van der Waals surface area contributed by atoms with Gasteiger partial charge in [-0.15, -0.1) is 10.2 Å². The van der Waals surface area contributed by atoms with Gasteiger partial charge in [0.1, 0.15) is 11.4 Å². The van der Waals surface area contributed by atoms with Gasteiger partial charge in [0, 0.05) is 29.3 Å². The number of rotatable bonds is 4. The van der Waals surface area contributed by atoms with Crippen LogP contribution in [0.1, 0.15) is 0 Å². The minimum atomic E-state index is -0.426. The maximum absolute atomic E-state index is 11.3. The maximum Gasteiger partial charge on any atom is 0.270 e. The quantitative estimate of drug-likeness (QED) is 0.327. The Bertz CT molecular complexity index is 1410. The molecule has 2 aromatic heterocycles. The summed E-state index contributed by atoms with van der Waals surface area (Å²) in [5, 5.41) is 20.0. The number of nitro groups is 1. The number of benzene rings is 3. The summed E-state index contributed by atoms with van der Waals surface area (Å²) >= 11 is 0. The highest BCUT2D eigenvalue weighted by Gasteiger charge is 2.19. The largest absolute Gasteiger partial charge is 0.497 e. The van der Waals surface area contributed by atoms with Gasteiger partial charge < -0.3 is 4.74 Å². The lowest BCUT2D eigenvalue weighted by Gasteiger charge is -2.10. The maximum atomic E-state index is 11.3. The number of hydrogen-bond acceptors (Lipinski definition) is 6. The van der Waals surface area contributed by atoms with E-state index in [-0.39, 0.29) is 5.69 Å². The van der Waals surface area contributed by atoms with E-state index in [1.807, 2.05) is 52.9 Å². The number of nitro benzene ring substituents is 1. The van der Waals surface area contributed by atoms with Crippen molar-refractivity contribution in [3.05, 3.63) is 82.9 Å². The zero-order valence-corrected chi connectivity index (χ0v) is 15.9. The molecule has 0 atom stereocenters. The first-order chi connectivity index (χ1) is 14.7. The topological polar surface area (TPSA) is 95.5 Å². The Balaban J connectivity index is 1.88.